The summed E-state index contributed by atoms with van der Waals surface area (Å²) in [5.74, 6) is 0. The molecule has 3 saturated heterocycles. The molecule has 4 heterocycles. The number of aromatic nitrogens is 1. The fourth-order valence-corrected chi connectivity index (χ4v) is 5.90. The normalized spacial score (nSPS) is 26.3. The summed E-state index contributed by atoms with van der Waals surface area (Å²) >= 11 is 0. The molecule has 2 aromatic rings. The van der Waals surface area contributed by atoms with E-state index in [4.69, 9.17) is 4.74 Å². The lowest BCUT2D eigenvalue weighted by molar-refractivity contribution is -0.0380. The zero-order chi connectivity index (χ0) is 21.9. The Balaban J connectivity index is 1.24. The van der Waals surface area contributed by atoms with Crippen LogP contribution in [0.4, 0.5) is 5.69 Å². The maximum atomic E-state index is 9.47. The highest BCUT2D eigenvalue weighted by atomic mass is 16.5. The zero-order valence-corrected chi connectivity index (χ0v) is 19.2. The molecule has 3 aliphatic heterocycles. The summed E-state index contributed by atoms with van der Waals surface area (Å²) in [5, 5.41) is 10.5. The highest BCUT2D eigenvalue weighted by Crippen LogP contribution is 2.30. The molecule has 2 atom stereocenters. The van der Waals surface area contributed by atoms with Crippen molar-refractivity contribution in [1.82, 2.24) is 14.8 Å². The van der Waals surface area contributed by atoms with Gasteiger partial charge in [-0.05, 0) is 83.1 Å². The number of pyridine rings is 1. The lowest BCUT2D eigenvalue weighted by atomic mass is 9.99. The SMILES string of the molecule is C[C@@H]1CN(c2ccc(C#N)c3ncccc23)C[C@H](CN2CCC(N3CCCCC3)CC2)O1. The van der Waals surface area contributed by atoms with E-state index in [2.05, 4.69) is 44.8 Å². The Kier molecular flexibility index (Phi) is 6.59. The second-order valence-electron chi connectivity index (χ2n) is 9.75. The van der Waals surface area contributed by atoms with Crippen LogP contribution in [0.3, 0.4) is 0 Å². The summed E-state index contributed by atoms with van der Waals surface area (Å²) in [6, 6.07) is 11.1. The van der Waals surface area contributed by atoms with Gasteiger partial charge in [0.05, 0.1) is 23.3 Å². The van der Waals surface area contributed by atoms with Crippen molar-refractivity contribution in [2.45, 2.75) is 57.3 Å². The van der Waals surface area contributed by atoms with Gasteiger partial charge in [0.2, 0.25) is 0 Å². The van der Waals surface area contributed by atoms with Gasteiger partial charge in [-0.1, -0.05) is 6.42 Å². The Bertz CT molecular complexity index is 958. The smallest absolute Gasteiger partial charge is 0.101 e. The lowest BCUT2D eigenvalue weighted by Crippen LogP contribution is -2.53. The van der Waals surface area contributed by atoms with Gasteiger partial charge in [0, 0.05) is 42.9 Å². The molecule has 0 aliphatic carbocycles. The van der Waals surface area contributed by atoms with Crippen LogP contribution in [0.5, 0.6) is 0 Å². The van der Waals surface area contributed by atoms with Crippen LogP contribution in [0.25, 0.3) is 10.9 Å². The molecule has 0 N–H and O–H groups in total. The van der Waals surface area contributed by atoms with Crippen molar-refractivity contribution in [1.29, 1.82) is 5.26 Å². The quantitative estimate of drug-likeness (QED) is 0.734. The van der Waals surface area contributed by atoms with Crippen molar-refractivity contribution >= 4 is 16.6 Å². The number of hydrogen-bond acceptors (Lipinski definition) is 6. The molecule has 0 bridgehead atoms. The van der Waals surface area contributed by atoms with Crippen LogP contribution in [0.1, 0.15) is 44.6 Å². The number of piperidine rings is 2. The molecule has 1 aromatic heterocycles. The number of benzene rings is 1. The lowest BCUT2D eigenvalue weighted by Gasteiger charge is -2.43. The first-order valence-electron chi connectivity index (χ1n) is 12.4. The van der Waals surface area contributed by atoms with Gasteiger partial charge in [0.1, 0.15) is 6.07 Å². The summed E-state index contributed by atoms with van der Waals surface area (Å²) in [4.78, 5) is 12.3. The number of ether oxygens (including phenoxy) is 1. The molecule has 170 valence electrons. The van der Waals surface area contributed by atoms with Crippen LogP contribution < -0.4 is 4.90 Å². The van der Waals surface area contributed by atoms with Crippen LogP contribution in [-0.2, 0) is 4.74 Å². The molecule has 3 fully saturated rings. The number of nitrogens with zero attached hydrogens (tertiary/aromatic N) is 5. The van der Waals surface area contributed by atoms with E-state index in [0.29, 0.717) is 5.56 Å². The standard InChI is InChI=1S/C26H35N5O/c1-20-17-31(25-8-7-21(16-27)26-24(25)6-5-11-28-26)19-23(32-20)18-29-14-9-22(10-15-29)30-12-3-2-4-13-30/h5-8,11,20,22-23H,2-4,9-10,12-15,17-19H2,1H3/t20-,23+/m1/s1. The molecular formula is C26H35N5O. The average Bonchev–Trinajstić information content (AvgIpc) is 2.84. The highest BCUT2D eigenvalue weighted by Gasteiger charge is 2.31. The minimum absolute atomic E-state index is 0.182. The molecule has 5 rings (SSSR count). The molecule has 32 heavy (non-hydrogen) atoms. The summed E-state index contributed by atoms with van der Waals surface area (Å²) < 4.78 is 6.38. The topological polar surface area (TPSA) is 55.6 Å². The highest BCUT2D eigenvalue weighted by molar-refractivity contribution is 5.95. The van der Waals surface area contributed by atoms with E-state index in [0.717, 1.165) is 42.3 Å². The molecule has 6 nitrogen and oxygen atoms in total. The van der Waals surface area contributed by atoms with E-state index in [1.807, 2.05) is 12.1 Å². The average molecular weight is 434 g/mol. The van der Waals surface area contributed by atoms with E-state index < -0.39 is 0 Å². The van der Waals surface area contributed by atoms with Crippen molar-refractivity contribution in [3.05, 3.63) is 36.0 Å². The maximum Gasteiger partial charge on any atom is 0.101 e. The maximum absolute atomic E-state index is 9.47. The van der Waals surface area contributed by atoms with Gasteiger partial charge < -0.3 is 19.4 Å². The molecule has 0 radical (unpaired) electrons. The number of fused-ring (bicyclic) bond motifs is 1. The van der Waals surface area contributed by atoms with E-state index in [1.165, 1.54) is 58.3 Å². The molecule has 0 saturated carbocycles. The van der Waals surface area contributed by atoms with E-state index in [9.17, 15) is 5.26 Å². The molecule has 0 amide bonds. The van der Waals surface area contributed by atoms with Crippen molar-refractivity contribution in [2.24, 2.45) is 0 Å². The minimum Gasteiger partial charge on any atom is -0.370 e. The summed E-state index contributed by atoms with van der Waals surface area (Å²) in [5.41, 5.74) is 2.60. The Hall–Kier alpha value is -2.20. The van der Waals surface area contributed by atoms with Crippen LogP contribution in [0.2, 0.25) is 0 Å². The molecule has 3 aliphatic rings. The number of likely N-dealkylation sites (tertiary alicyclic amines) is 2. The van der Waals surface area contributed by atoms with Crippen molar-refractivity contribution in [3.63, 3.8) is 0 Å². The third kappa shape index (κ3) is 4.61. The van der Waals surface area contributed by atoms with Gasteiger partial charge in [-0.15, -0.1) is 0 Å². The zero-order valence-electron chi connectivity index (χ0n) is 19.2. The molecule has 0 unspecified atom stereocenters. The number of morpholine rings is 1. The predicted molar refractivity (Wildman–Crippen MR) is 128 cm³/mol. The van der Waals surface area contributed by atoms with Gasteiger partial charge in [0.15, 0.2) is 0 Å². The number of rotatable bonds is 4. The minimum atomic E-state index is 0.182. The van der Waals surface area contributed by atoms with E-state index in [-0.39, 0.29) is 12.2 Å². The summed E-state index contributed by atoms with van der Waals surface area (Å²) in [6.07, 6.45) is 8.90. The number of anilines is 1. The second-order valence-corrected chi connectivity index (χ2v) is 9.75. The first-order chi connectivity index (χ1) is 15.7. The Morgan fingerprint density at radius 2 is 1.88 bits per heavy atom. The van der Waals surface area contributed by atoms with Gasteiger partial charge in [-0.2, -0.15) is 5.26 Å². The molecule has 1 aromatic carbocycles. The van der Waals surface area contributed by atoms with Crippen molar-refractivity contribution in [2.75, 3.05) is 50.7 Å². The van der Waals surface area contributed by atoms with Crippen LogP contribution in [0.15, 0.2) is 30.5 Å². The first-order valence-corrected chi connectivity index (χ1v) is 12.4. The Morgan fingerprint density at radius 1 is 1.06 bits per heavy atom. The Labute approximate surface area is 191 Å². The molecular weight excluding hydrogens is 398 g/mol. The second kappa shape index (κ2) is 9.74. The molecule has 0 spiro atoms. The van der Waals surface area contributed by atoms with Crippen LogP contribution in [0, 0.1) is 11.3 Å². The first kappa shape index (κ1) is 21.6. The predicted octanol–water partition coefficient (Wildman–Crippen LogP) is 3.65. The largest absolute Gasteiger partial charge is 0.370 e. The van der Waals surface area contributed by atoms with E-state index >= 15 is 0 Å². The van der Waals surface area contributed by atoms with E-state index in [1.54, 1.807) is 6.20 Å². The third-order valence-electron chi connectivity index (χ3n) is 7.46. The molecule has 6 heteroatoms. The fraction of sp³-hybridized carbons (Fsp3) is 0.615. The van der Waals surface area contributed by atoms with Gasteiger partial charge >= 0.3 is 0 Å². The fourth-order valence-electron chi connectivity index (χ4n) is 5.90. The van der Waals surface area contributed by atoms with Crippen molar-refractivity contribution < 1.29 is 4.74 Å². The number of nitriles is 1. The summed E-state index contributed by atoms with van der Waals surface area (Å²) in [7, 11) is 0. The van der Waals surface area contributed by atoms with Crippen LogP contribution >= 0.6 is 0 Å². The van der Waals surface area contributed by atoms with Gasteiger partial charge in [0.25, 0.3) is 0 Å². The third-order valence-corrected chi connectivity index (χ3v) is 7.46. The van der Waals surface area contributed by atoms with Gasteiger partial charge in [-0.25, -0.2) is 0 Å². The van der Waals surface area contributed by atoms with Crippen molar-refractivity contribution in [3.8, 4) is 6.07 Å². The Morgan fingerprint density at radius 3 is 2.66 bits per heavy atom. The number of hydrogen-bond donors (Lipinski definition) is 0. The van der Waals surface area contributed by atoms with Gasteiger partial charge in [-0.3, -0.25) is 4.98 Å². The monoisotopic (exact) mass is 433 g/mol. The van der Waals surface area contributed by atoms with Crippen LogP contribution in [-0.4, -0.2) is 78.8 Å². The summed E-state index contributed by atoms with van der Waals surface area (Å²) in [6.45, 7) is 9.88.